The zero-order chi connectivity index (χ0) is 18.4. The fourth-order valence-corrected chi connectivity index (χ4v) is 3.76. The van der Waals surface area contributed by atoms with Crippen molar-refractivity contribution < 1.29 is 5.11 Å². The van der Waals surface area contributed by atoms with Gasteiger partial charge in [-0.2, -0.15) is 15.0 Å². The zero-order valence-electron chi connectivity index (χ0n) is 16.2. The fourth-order valence-electron chi connectivity index (χ4n) is 3.76. The number of nitrogens with zero attached hydrogens (tertiary/aromatic N) is 3. The van der Waals surface area contributed by atoms with E-state index < -0.39 is 5.54 Å². The summed E-state index contributed by atoms with van der Waals surface area (Å²) in [6, 6.07) is 0.875. The van der Waals surface area contributed by atoms with Crippen LogP contribution in [0.3, 0.4) is 0 Å². The van der Waals surface area contributed by atoms with Crippen LogP contribution in [-0.4, -0.2) is 44.3 Å². The molecule has 0 aromatic carbocycles. The van der Waals surface area contributed by atoms with Crippen LogP contribution in [0.25, 0.3) is 0 Å². The minimum absolute atomic E-state index is 0.00938. The van der Waals surface area contributed by atoms with Gasteiger partial charge in [-0.3, -0.25) is 0 Å². The van der Waals surface area contributed by atoms with Crippen molar-refractivity contribution in [3.05, 3.63) is 0 Å². The third-order valence-corrected chi connectivity index (χ3v) is 5.36. The summed E-state index contributed by atoms with van der Waals surface area (Å²) in [5.74, 6) is 1.76. The van der Waals surface area contributed by atoms with Crippen molar-refractivity contribution in [2.75, 3.05) is 22.6 Å². The summed E-state index contributed by atoms with van der Waals surface area (Å²) in [6.45, 7) is 3.87. The lowest BCUT2D eigenvalue weighted by Gasteiger charge is -2.27. The van der Waals surface area contributed by atoms with E-state index in [0.29, 0.717) is 29.9 Å². The number of hydrogen-bond donors (Lipinski definition) is 4. The molecule has 2 aliphatic rings. The third-order valence-electron chi connectivity index (χ3n) is 5.36. The van der Waals surface area contributed by atoms with Crippen molar-refractivity contribution in [2.45, 2.75) is 95.7 Å². The molecule has 3 rings (SSSR count). The number of nitrogens with one attached hydrogen (secondary N) is 3. The van der Waals surface area contributed by atoms with Crippen molar-refractivity contribution in [3.63, 3.8) is 0 Å². The van der Waals surface area contributed by atoms with Gasteiger partial charge < -0.3 is 21.1 Å². The van der Waals surface area contributed by atoms with Gasteiger partial charge in [0.1, 0.15) is 0 Å². The normalized spacial score (nSPS) is 20.0. The molecule has 7 nitrogen and oxygen atoms in total. The number of aliphatic hydroxyl groups is 1. The highest BCUT2D eigenvalue weighted by Crippen LogP contribution is 2.24. The maximum Gasteiger partial charge on any atom is 0.229 e. The minimum atomic E-state index is -0.481. The lowest BCUT2D eigenvalue weighted by molar-refractivity contribution is 0.233. The second kappa shape index (κ2) is 8.84. The molecule has 0 spiro atoms. The van der Waals surface area contributed by atoms with Crippen molar-refractivity contribution in [3.8, 4) is 0 Å². The Kier molecular flexibility index (Phi) is 6.51. The first-order valence-electron chi connectivity index (χ1n) is 10.2. The Morgan fingerprint density at radius 1 is 0.769 bits per heavy atom. The number of aromatic nitrogens is 3. The van der Waals surface area contributed by atoms with Gasteiger partial charge >= 0.3 is 0 Å². The molecule has 2 fully saturated rings. The largest absolute Gasteiger partial charge is 0.394 e. The molecule has 2 aliphatic carbocycles. The first-order valence-corrected chi connectivity index (χ1v) is 10.2. The molecule has 0 atom stereocenters. The standard InChI is InChI=1S/C19H34N6O/c1-19(2,13-26)25-18-23-16(20-14-9-5-3-6-10-14)22-17(24-18)21-15-11-7-4-8-12-15/h14-15,26H,3-13H2,1-2H3,(H3,20,21,22,23,24,25). The summed E-state index contributed by atoms with van der Waals surface area (Å²) >= 11 is 0. The van der Waals surface area contributed by atoms with E-state index in [0.717, 1.165) is 0 Å². The van der Waals surface area contributed by atoms with Crippen LogP contribution < -0.4 is 16.0 Å². The molecule has 0 unspecified atom stereocenters. The zero-order valence-corrected chi connectivity index (χ0v) is 16.2. The van der Waals surface area contributed by atoms with Crippen LogP contribution in [-0.2, 0) is 0 Å². The van der Waals surface area contributed by atoms with E-state index in [-0.39, 0.29) is 6.61 Å². The molecule has 0 amide bonds. The van der Waals surface area contributed by atoms with Gasteiger partial charge in [0.2, 0.25) is 17.8 Å². The van der Waals surface area contributed by atoms with E-state index >= 15 is 0 Å². The quantitative estimate of drug-likeness (QED) is 0.589. The maximum atomic E-state index is 9.55. The first-order chi connectivity index (χ1) is 12.5. The molecule has 2 saturated carbocycles. The Bertz CT molecular complexity index is 529. The van der Waals surface area contributed by atoms with Crippen LogP contribution in [0.15, 0.2) is 0 Å². The molecular formula is C19H34N6O. The average Bonchev–Trinajstić information content (AvgIpc) is 2.63. The van der Waals surface area contributed by atoms with Gasteiger partial charge in [-0.05, 0) is 39.5 Å². The predicted octanol–water partition coefficient (Wildman–Crippen LogP) is 3.54. The molecule has 7 heteroatoms. The summed E-state index contributed by atoms with van der Waals surface area (Å²) < 4.78 is 0. The van der Waals surface area contributed by atoms with Crippen molar-refractivity contribution >= 4 is 17.8 Å². The van der Waals surface area contributed by atoms with E-state index in [2.05, 4.69) is 30.9 Å². The topological polar surface area (TPSA) is 95.0 Å². The van der Waals surface area contributed by atoms with E-state index in [9.17, 15) is 5.11 Å². The van der Waals surface area contributed by atoms with Gasteiger partial charge in [0.15, 0.2) is 0 Å². The van der Waals surface area contributed by atoms with Crippen molar-refractivity contribution in [1.29, 1.82) is 0 Å². The van der Waals surface area contributed by atoms with Gasteiger partial charge in [0, 0.05) is 12.1 Å². The highest BCUT2D eigenvalue weighted by atomic mass is 16.3. The van der Waals surface area contributed by atoms with Crippen LogP contribution in [0, 0.1) is 0 Å². The Labute approximate surface area is 156 Å². The summed E-state index contributed by atoms with van der Waals surface area (Å²) in [4.78, 5) is 13.7. The Hall–Kier alpha value is -1.63. The summed E-state index contributed by atoms with van der Waals surface area (Å²) in [7, 11) is 0. The molecule has 0 aliphatic heterocycles. The van der Waals surface area contributed by atoms with Gasteiger partial charge in [-0.25, -0.2) is 0 Å². The fraction of sp³-hybridized carbons (Fsp3) is 0.842. The maximum absolute atomic E-state index is 9.55. The third kappa shape index (κ3) is 5.69. The molecule has 1 aromatic heterocycles. The van der Waals surface area contributed by atoms with Crippen LogP contribution >= 0.6 is 0 Å². The van der Waals surface area contributed by atoms with Gasteiger partial charge in [0.25, 0.3) is 0 Å². The number of hydrogen-bond acceptors (Lipinski definition) is 7. The molecule has 0 bridgehead atoms. The van der Waals surface area contributed by atoms with E-state index in [4.69, 9.17) is 0 Å². The van der Waals surface area contributed by atoms with Crippen LogP contribution in [0.4, 0.5) is 17.8 Å². The molecule has 146 valence electrons. The van der Waals surface area contributed by atoms with Crippen molar-refractivity contribution in [1.82, 2.24) is 15.0 Å². The predicted molar refractivity (Wildman–Crippen MR) is 106 cm³/mol. The SMILES string of the molecule is CC(C)(CO)Nc1nc(NC2CCCCC2)nc(NC2CCCCC2)n1. The van der Waals surface area contributed by atoms with E-state index in [1.807, 2.05) is 13.8 Å². The van der Waals surface area contributed by atoms with Crippen LogP contribution in [0.2, 0.25) is 0 Å². The Morgan fingerprint density at radius 3 is 1.62 bits per heavy atom. The number of rotatable bonds is 7. The lowest BCUT2D eigenvalue weighted by Crippen LogP contribution is -2.36. The molecule has 1 heterocycles. The average molecular weight is 363 g/mol. The van der Waals surface area contributed by atoms with Crippen LogP contribution in [0.1, 0.15) is 78.1 Å². The highest BCUT2D eigenvalue weighted by molar-refractivity contribution is 5.44. The van der Waals surface area contributed by atoms with E-state index in [1.165, 1.54) is 64.2 Å². The minimum Gasteiger partial charge on any atom is -0.394 e. The second-order valence-corrected chi connectivity index (χ2v) is 8.43. The first kappa shape index (κ1) is 19.1. The second-order valence-electron chi connectivity index (χ2n) is 8.43. The molecule has 0 radical (unpaired) electrons. The monoisotopic (exact) mass is 362 g/mol. The molecule has 1 aromatic rings. The summed E-state index contributed by atoms with van der Waals surface area (Å²) in [6.07, 6.45) is 12.4. The Morgan fingerprint density at radius 2 is 1.19 bits per heavy atom. The molecule has 4 N–H and O–H groups in total. The van der Waals surface area contributed by atoms with Gasteiger partial charge in [-0.15, -0.1) is 0 Å². The number of anilines is 3. The van der Waals surface area contributed by atoms with Crippen LogP contribution in [0.5, 0.6) is 0 Å². The molecule has 0 saturated heterocycles. The molecule has 26 heavy (non-hydrogen) atoms. The summed E-state index contributed by atoms with van der Waals surface area (Å²) in [5.41, 5.74) is -0.481. The highest BCUT2D eigenvalue weighted by Gasteiger charge is 2.21. The molecular weight excluding hydrogens is 328 g/mol. The Balaban J connectivity index is 1.75. The lowest BCUT2D eigenvalue weighted by atomic mass is 9.96. The van der Waals surface area contributed by atoms with Crippen molar-refractivity contribution in [2.24, 2.45) is 0 Å². The number of aliphatic hydroxyl groups excluding tert-OH is 1. The van der Waals surface area contributed by atoms with E-state index in [1.54, 1.807) is 0 Å². The summed E-state index contributed by atoms with van der Waals surface area (Å²) in [5, 5.41) is 19.8. The smallest absolute Gasteiger partial charge is 0.229 e. The van der Waals surface area contributed by atoms with Gasteiger partial charge in [-0.1, -0.05) is 38.5 Å². The van der Waals surface area contributed by atoms with Gasteiger partial charge in [0.05, 0.1) is 12.1 Å².